The minimum atomic E-state index is -4.54. The lowest BCUT2D eigenvalue weighted by molar-refractivity contribution is 0.211. The van der Waals surface area contributed by atoms with Crippen LogP contribution in [0.25, 0.3) is 0 Å². The molecule has 0 aliphatic heterocycles. The normalized spacial score (nSPS) is 12.4. The van der Waals surface area contributed by atoms with E-state index in [1.54, 1.807) is 13.0 Å². The highest BCUT2D eigenvalue weighted by Gasteiger charge is 2.16. The Morgan fingerprint density at radius 3 is 2.23 bits per heavy atom. The highest BCUT2D eigenvalue weighted by Crippen LogP contribution is 2.30. The topological polar surface area (TPSA) is 108 Å². The van der Waals surface area contributed by atoms with E-state index in [-0.39, 0.29) is 18.9 Å². The van der Waals surface area contributed by atoms with Crippen molar-refractivity contribution < 1.29 is 35.0 Å². The Morgan fingerprint density at radius 2 is 1.73 bits per heavy atom. The van der Waals surface area contributed by atoms with Gasteiger partial charge in [0.25, 0.3) is 0 Å². The zero-order chi connectivity index (χ0) is 16.0. The van der Waals surface area contributed by atoms with E-state index >= 15 is 0 Å². The first-order valence-corrected chi connectivity index (χ1v) is 8.12. The molecule has 0 bridgehead atoms. The first kappa shape index (κ1) is 20.8. The Bertz CT molecular complexity index is 612. The van der Waals surface area contributed by atoms with Crippen LogP contribution in [-0.4, -0.2) is 44.6 Å². The summed E-state index contributed by atoms with van der Waals surface area (Å²) in [6.07, 6.45) is 0. The summed E-state index contributed by atoms with van der Waals surface area (Å²) < 4.78 is 60.3. The maximum absolute atomic E-state index is 12.0. The molecule has 8 nitrogen and oxygen atoms in total. The lowest BCUT2D eigenvalue weighted by Crippen LogP contribution is -2.11. The van der Waals surface area contributed by atoms with Crippen LogP contribution < -0.4 is 9.47 Å². The van der Waals surface area contributed by atoms with Crippen LogP contribution in [0.1, 0.15) is 13.0 Å². The second kappa shape index (κ2) is 9.06. The van der Waals surface area contributed by atoms with E-state index in [4.69, 9.17) is 18.2 Å². The second-order valence-corrected chi connectivity index (χ2v) is 6.02. The van der Waals surface area contributed by atoms with Gasteiger partial charge in [-0.1, -0.05) is 7.43 Å². The molecule has 1 N–H and O–H groups in total. The SMILES string of the molecule is C.COc1cc(S(=O)OCCOS(=O)(=O)O)c(OC)cc1C. The van der Waals surface area contributed by atoms with E-state index < -0.39 is 28.1 Å². The summed E-state index contributed by atoms with van der Waals surface area (Å²) in [6, 6.07) is 3.15. The molecule has 0 aliphatic carbocycles. The molecule has 0 aromatic heterocycles. The van der Waals surface area contributed by atoms with Crippen LogP contribution in [0.15, 0.2) is 17.0 Å². The summed E-state index contributed by atoms with van der Waals surface area (Å²) in [5, 5.41) is 0. The van der Waals surface area contributed by atoms with Gasteiger partial charge in [0, 0.05) is 6.07 Å². The maximum atomic E-state index is 12.0. The molecule has 1 unspecified atom stereocenters. The van der Waals surface area contributed by atoms with Crippen molar-refractivity contribution in [1.82, 2.24) is 0 Å². The molecule has 0 saturated carbocycles. The summed E-state index contributed by atoms with van der Waals surface area (Å²) >= 11 is -1.90. The molecule has 1 atom stereocenters. The van der Waals surface area contributed by atoms with Crippen LogP contribution in [0.3, 0.4) is 0 Å². The highest BCUT2D eigenvalue weighted by atomic mass is 32.3. The van der Waals surface area contributed by atoms with Crippen molar-refractivity contribution in [2.24, 2.45) is 0 Å². The van der Waals surface area contributed by atoms with Gasteiger partial charge < -0.3 is 9.47 Å². The van der Waals surface area contributed by atoms with E-state index in [9.17, 15) is 12.6 Å². The summed E-state index contributed by atoms with van der Waals surface area (Å²) in [4.78, 5) is 0.242. The number of hydrogen-bond acceptors (Lipinski definition) is 7. The quantitative estimate of drug-likeness (QED) is 0.551. The standard InChI is InChI=1S/C11H16O8S2.CH4/c1-8-6-10(17-3)11(7-9(8)16-2)20(12)18-4-5-19-21(13,14)15;/h6-7H,4-5H2,1-3H3,(H,13,14,15);1H4. The van der Waals surface area contributed by atoms with E-state index in [2.05, 4.69) is 4.18 Å². The summed E-state index contributed by atoms with van der Waals surface area (Å²) in [7, 11) is -1.64. The Kier molecular flexibility index (Phi) is 8.56. The fourth-order valence-electron chi connectivity index (χ4n) is 1.47. The van der Waals surface area contributed by atoms with Crippen molar-refractivity contribution in [3.05, 3.63) is 17.7 Å². The predicted molar refractivity (Wildman–Crippen MR) is 80.9 cm³/mol. The van der Waals surface area contributed by atoms with Gasteiger partial charge in [-0.25, -0.2) is 8.39 Å². The van der Waals surface area contributed by atoms with Crippen LogP contribution in [0.2, 0.25) is 0 Å². The molecule has 0 radical (unpaired) electrons. The molecule has 1 aromatic rings. The second-order valence-electron chi connectivity index (χ2n) is 3.78. The number of benzene rings is 1. The first-order valence-electron chi connectivity index (χ1n) is 5.68. The van der Waals surface area contributed by atoms with E-state index in [1.807, 2.05) is 0 Å². The molecule has 0 fully saturated rings. The Hall–Kier alpha value is -1.20. The first-order chi connectivity index (χ1) is 9.78. The molecule has 0 spiro atoms. The molecule has 1 rings (SSSR count). The molecular formula is C12H20O8S2. The molecule has 22 heavy (non-hydrogen) atoms. The van der Waals surface area contributed by atoms with Crippen LogP contribution in [0, 0.1) is 6.92 Å². The highest BCUT2D eigenvalue weighted by molar-refractivity contribution is 7.81. The molecule has 1 aromatic carbocycles. The average Bonchev–Trinajstić information content (AvgIpc) is 2.41. The zero-order valence-electron chi connectivity index (χ0n) is 11.7. The van der Waals surface area contributed by atoms with Gasteiger partial charge >= 0.3 is 10.4 Å². The van der Waals surface area contributed by atoms with Gasteiger partial charge in [-0.05, 0) is 18.6 Å². The van der Waals surface area contributed by atoms with E-state index in [1.165, 1.54) is 20.3 Å². The van der Waals surface area contributed by atoms with Crippen LogP contribution in [-0.2, 0) is 29.8 Å². The third-order valence-corrected chi connectivity index (χ3v) is 3.89. The van der Waals surface area contributed by atoms with Gasteiger partial charge in [-0.3, -0.25) is 8.74 Å². The Balaban J connectivity index is 0.00000441. The Labute approximate surface area is 133 Å². The number of hydrogen-bond donors (Lipinski definition) is 1. The Morgan fingerprint density at radius 1 is 1.14 bits per heavy atom. The maximum Gasteiger partial charge on any atom is 0.397 e. The van der Waals surface area contributed by atoms with Crippen LogP contribution in [0.4, 0.5) is 0 Å². The van der Waals surface area contributed by atoms with Crippen molar-refractivity contribution in [3.63, 3.8) is 0 Å². The molecule has 0 amide bonds. The zero-order valence-corrected chi connectivity index (χ0v) is 13.3. The minimum Gasteiger partial charge on any atom is -0.496 e. The molecule has 0 heterocycles. The fourth-order valence-corrected chi connectivity index (χ4v) is 2.60. The van der Waals surface area contributed by atoms with Crippen molar-refractivity contribution in [2.75, 3.05) is 27.4 Å². The van der Waals surface area contributed by atoms with Gasteiger partial charge in [0.2, 0.25) is 0 Å². The van der Waals surface area contributed by atoms with Gasteiger partial charge in [0.15, 0.2) is 11.1 Å². The lowest BCUT2D eigenvalue weighted by atomic mass is 10.2. The molecular weight excluding hydrogens is 336 g/mol. The monoisotopic (exact) mass is 356 g/mol. The van der Waals surface area contributed by atoms with E-state index in [0.29, 0.717) is 11.5 Å². The third-order valence-electron chi connectivity index (χ3n) is 2.37. The number of rotatable bonds is 8. The minimum absolute atomic E-state index is 0. The molecule has 0 saturated heterocycles. The van der Waals surface area contributed by atoms with Gasteiger partial charge in [0.1, 0.15) is 16.4 Å². The van der Waals surface area contributed by atoms with Crippen LogP contribution in [0.5, 0.6) is 11.5 Å². The van der Waals surface area contributed by atoms with Crippen molar-refractivity contribution in [1.29, 1.82) is 0 Å². The van der Waals surface area contributed by atoms with Gasteiger partial charge in [0.05, 0.1) is 27.4 Å². The fraction of sp³-hybridized carbons (Fsp3) is 0.500. The summed E-state index contributed by atoms with van der Waals surface area (Å²) in [5.74, 6) is 0.860. The number of methoxy groups -OCH3 is 2. The number of ether oxygens (including phenoxy) is 2. The largest absolute Gasteiger partial charge is 0.496 e. The van der Waals surface area contributed by atoms with E-state index in [0.717, 1.165) is 5.56 Å². The van der Waals surface area contributed by atoms with Crippen molar-refractivity contribution >= 4 is 21.5 Å². The third kappa shape index (κ3) is 6.28. The molecule has 0 aliphatic rings. The number of aryl methyl sites for hydroxylation is 1. The molecule has 128 valence electrons. The average molecular weight is 356 g/mol. The van der Waals surface area contributed by atoms with Crippen molar-refractivity contribution in [3.8, 4) is 11.5 Å². The smallest absolute Gasteiger partial charge is 0.397 e. The summed E-state index contributed by atoms with van der Waals surface area (Å²) in [6.45, 7) is 1.04. The predicted octanol–water partition coefficient (Wildman–Crippen LogP) is 1.51. The van der Waals surface area contributed by atoms with Crippen LogP contribution >= 0.6 is 0 Å². The molecule has 10 heteroatoms. The van der Waals surface area contributed by atoms with Gasteiger partial charge in [-0.15, -0.1) is 0 Å². The van der Waals surface area contributed by atoms with Crippen molar-refractivity contribution in [2.45, 2.75) is 19.2 Å². The lowest BCUT2D eigenvalue weighted by Gasteiger charge is -2.12. The van der Waals surface area contributed by atoms with Gasteiger partial charge in [-0.2, -0.15) is 8.42 Å². The summed E-state index contributed by atoms with van der Waals surface area (Å²) in [5.41, 5.74) is 0.796.